The van der Waals surface area contributed by atoms with Crippen molar-refractivity contribution in [2.24, 2.45) is 0 Å². The van der Waals surface area contributed by atoms with Gasteiger partial charge in [-0.3, -0.25) is 0 Å². The molecule has 3 rings (SSSR count). The summed E-state index contributed by atoms with van der Waals surface area (Å²) in [6, 6.07) is 7.54. The molecule has 0 saturated carbocycles. The molecule has 0 aliphatic rings. The summed E-state index contributed by atoms with van der Waals surface area (Å²) in [5.41, 5.74) is 3.53. The summed E-state index contributed by atoms with van der Waals surface area (Å²) in [5.74, 6) is -10.3. The third kappa shape index (κ3) is 4.82. The minimum Gasteiger partial charge on any atom is -0.493 e. The van der Waals surface area contributed by atoms with Crippen molar-refractivity contribution in [1.29, 1.82) is 0 Å². The largest absolute Gasteiger partial charge is 0.493 e. The van der Waals surface area contributed by atoms with Crippen LogP contribution in [0.1, 0.15) is 27.8 Å². The number of hydrogen-bond acceptors (Lipinski definition) is 4. The van der Waals surface area contributed by atoms with E-state index < -0.39 is 35.2 Å². The van der Waals surface area contributed by atoms with E-state index in [1.807, 2.05) is 20.8 Å². The molecule has 0 amide bonds. The summed E-state index contributed by atoms with van der Waals surface area (Å²) >= 11 is 0. The molecule has 1 aromatic heterocycles. The second kappa shape index (κ2) is 9.32. The minimum atomic E-state index is -1.88. The van der Waals surface area contributed by atoms with Gasteiger partial charge in [-0.15, -0.1) is 0 Å². The molecule has 0 fully saturated rings. The molecule has 0 atom stereocenters. The Balaban J connectivity index is 2.12. The van der Waals surface area contributed by atoms with Crippen molar-refractivity contribution in [3.8, 4) is 17.2 Å². The van der Waals surface area contributed by atoms with E-state index in [0.717, 1.165) is 16.7 Å². The lowest BCUT2D eigenvalue weighted by Crippen LogP contribution is -2.04. The van der Waals surface area contributed by atoms with Gasteiger partial charge >= 0.3 is 5.97 Å². The van der Waals surface area contributed by atoms with Crippen molar-refractivity contribution in [3.05, 3.63) is 81.7 Å². The zero-order valence-corrected chi connectivity index (χ0v) is 18.1. The average molecular weight is 461 g/mol. The molecule has 9 heteroatoms. The predicted octanol–water partition coefficient (Wildman–Crippen LogP) is 5.99. The van der Waals surface area contributed by atoms with E-state index in [9.17, 15) is 27.5 Å². The van der Waals surface area contributed by atoms with Crippen LogP contribution < -0.4 is 9.47 Å². The van der Waals surface area contributed by atoms with Gasteiger partial charge in [0.05, 0.1) is 12.7 Å². The fourth-order valence-corrected chi connectivity index (χ4v) is 3.16. The maximum absolute atomic E-state index is 14.0. The topological polar surface area (TPSA) is 68.7 Å². The van der Waals surface area contributed by atoms with Crippen molar-refractivity contribution in [1.82, 2.24) is 4.98 Å². The number of hydrogen-bond donors (Lipinski definition) is 1. The summed E-state index contributed by atoms with van der Waals surface area (Å²) in [4.78, 5) is 14.4. The molecular formula is C24H19F4NO4. The molecule has 1 N–H and O–H groups in total. The number of carboxylic acids is 1. The Morgan fingerprint density at radius 2 is 1.52 bits per heavy atom. The first-order valence-electron chi connectivity index (χ1n) is 9.62. The number of benzene rings is 2. The van der Waals surface area contributed by atoms with Crippen LogP contribution in [0.15, 0.2) is 30.3 Å². The number of ether oxygens (including phenoxy) is 2. The zero-order valence-electron chi connectivity index (χ0n) is 18.1. The Bertz CT molecular complexity index is 1240. The Labute approximate surface area is 186 Å². The smallest absolute Gasteiger partial charge is 0.336 e. The number of halogens is 4. The third-order valence-electron chi connectivity index (χ3n) is 5.14. The molecule has 0 spiro atoms. The highest BCUT2D eigenvalue weighted by Gasteiger charge is 2.24. The van der Waals surface area contributed by atoms with E-state index in [1.165, 1.54) is 31.4 Å². The highest BCUT2D eigenvalue weighted by atomic mass is 19.2. The second-order valence-electron chi connectivity index (χ2n) is 7.26. The Hall–Kier alpha value is -3.88. The zero-order chi connectivity index (χ0) is 24.4. The lowest BCUT2D eigenvalue weighted by atomic mass is 9.95. The molecule has 0 saturated heterocycles. The number of pyridine rings is 1. The second-order valence-corrected chi connectivity index (χ2v) is 7.26. The molecule has 3 aromatic rings. The molecule has 0 aliphatic carbocycles. The van der Waals surface area contributed by atoms with Gasteiger partial charge in [-0.1, -0.05) is 18.2 Å². The van der Waals surface area contributed by atoms with Crippen LogP contribution in [0.5, 0.6) is 17.2 Å². The first-order valence-corrected chi connectivity index (χ1v) is 9.62. The van der Waals surface area contributed by atoms with E-state index in [4.69, 9.17) is 9.47 Å². The SMILES string of the molecule is COc1ccc(C=C(C(=O)O)c2cc(C)c(C)c(C)c2)cc1Oc1c(F)c(F)nc(F)c1F. The van der Waals surface area contributed by atoms with Gasteiger partial charge in [0.15, 0.2) is 11.5 Å². The normalized spacial score (nSPS) is 11.5. The number of rotatable bonds is 6. The minimum absolute atomic E-state index is 0.0116. The summed E-state index contributed by atoms with van der Waals surface area (Å²) in [5, 5.41) is 9.76. The first-order chi connectivity index (χ1) is 15.5. The molecular weight excluding hydrogens is 442 g/mol. The predicted molar refractivity (Wildman–Crippen MR) is 113 cm³/mol. The van der Waals surface area contributed by atoms with Crippen LogP contribution in [-0.4, -0.2) is 23.2 Å². The molecule has 0 aliphatic heterocycles. The maximum Gasteiger partial charge on any atom is 0.336 e. The van der Waals surface area contributed by atoms with Crippen LogP contribution in [0.2, 0.25) is 0 Å². The first kappa shape index (κ1) is 23.8. The summed E-state index contributed by atoms with van der Waals surface area (Å²) in [7, 11) is 1.25. The number of methoxy groups -OCH3 is 1. The highest BCUT2D eigenvalue weighted by molar-refractivity contribution is 6.20. The van der Waals surface area contributed by atoms with E-state index in [1.54, 1.807) is 12.1 Å². The number of aromatic nitrogens is 1. The number of aliphatic carboxylic acids is 1. The summed E-state index contributed by atoms with van der Waals surface area (Å²) < 4.78 is 65.1. The molecule has 5 nitrogen and oxygen atoms in total. The standard InChI is InChI=1S/C24H19F4NO4/c1-11-7-15(8-12(2)13(11)3)16(24(30)31)9-14-5-6-17(32-4)18(10-14)33-21-19(25)22(27)29-23(28)20(21)26/h5-10H,1-4H3,(H,30,31). The Morgan fingerprint density at radius 3 is 2.03 bits per heavy atom. The molecule has 172 valence electrons. The van der Waals surface area contributed by atoms with Crippen LogP contribution in [0.25, 0.3) is 11.6 Å². The van der Waals surface area contributed by atoms with Gasteiger partial charge in [0.1, 0.15) is 0 Å². The fourth-order valence-electron chi connectivity index (χ4n) is 3.16. The molecule has 2 aromatic carbocycles. The lowest BCUT2D eigenvalue weighted by Gasteiger charge is -2.13. The summed E-state index contributed by atoms with van der Waals surface area (Å²) in [6.45, 7) is 5.65. The van der Waals surface area contributed by atoms with Crippen LogP contribution in [0.3, 0.4) is 0 Å². The van der Waals surface area contributed by atoms with Gasteiger partial charge in [0.2, 0.25) is 17.4 Å². The third-order valence-corrected chi connectivity index (χ3v) is 5.14. The molecule has 1 heterocycles. The quantitative estimate of drug-likeness (QED) is 0.211. The highest BCUT2D eigenvalue weighted by Crippen LogP contribution is 2.36. The van der Waals surface area contributed by atoms with E-state index in [-0.39, 0.29) is 22.6 Å². The molecule has 0 unspecified atom stereocenters. The van der Waals surface area contributed by atoms with Crippen LogP contribution in [0.4, 0.5) is 17.6 Å². The van der Waals surface area contributed by atoms with Crippen LogP contribution in [-0.2, 0) is 4.79 Å². The lowest BCUT2D eigenvalue weighted by molar-refractivity contribution is -0.130. The van der Waals surface area contributed by atoms with E-state index in [0.29, 0.717) is 5.56 Å². The number of nitrogens with zero attached hydrogens (tertiary/aromatic N) is 1. The van der Waals surface area contributed by atoms with Gasteiger partial charge in [-0.2, -0.15) is 22.5 Å². The van der Waals surface area contributed by atoms with Crippen molar-refractivity contribution >= 4 is 17.6 Å². The summed E-state index contributed by atoms with van der Waals surface area (Å²) in [6.07, 6.45) is 1.33. The van der Waals surface area contributed by atoms with Crippen molar-refractivity contribution in [3.63, 3.8) is 0 Å². The average Bonchev–Trinajstić information content (AvgIpc) is 2.77. The number of carbonyl (C=O) groups is 1. The van der Waals surface area contributed by atoms with Gasteiger partial charge in [0, 0.05) is 0 Å². The molecule has 0 bridgehead atoms. The maximum atomic E-state index is 14.0. The van der Waals surface area contributed by atoms with Crippen molar-refractivity contribution in [2.45, 2.75) is 20.8 Å². The Kier molecular flexibility index (Phi) is 6.71. The van der Waals surface area contributed by atoms with E-state index in [2.05, 4.69) is 4.98 Å². The molecule has 33 heavy (non-hydrogen) atoms. The van der Waals surface area contributed by atoms with Gasteiger partial charge in [-0.05, 0) is 66.8 Å². The van der Waals surface area contributed by atoms with Crippen molar-refractivity contribution < 1.29 is 36.9 Å². The number of aryl methyl sites for hydroxylation is 2. The Morgan fingerprint density at radius 1 is 0.939 bits per heavy atom. The van der Waals surface area contributed by atoms with Crippen LogP contribution >= 0.6 is 0 Å². The van der Waals surface area contributed by atoms with Crippen LogP contribution in [0, 0.1) is 44.3 Å². The van der Waals surface area contributed by atoms with Gasteiger partial charge in [0.25, 0.3) is 11.9 Å². The fraction of sp³-hybridized carbons (Fsp3) is 0.167. The molecule has 0 radical (unpaired) electrons. The van der Waals surface area contributed by atoms with Gasteiger partial charge < -0.3 is 14.6 Å². The van der Waals surface area contributed by atoms with Crippen molar-refractivity contribution in [2.75, 3.05) is 7.11 Å². The monoisotopic (exact) mass is 461 g/mol. The van der Waals surface area contributed by atoms with Gasteiger partial charge in [-0.25, -0.2) is 4.79 Å². The van der Waals surface area contributed by atoms with E-state index >= 15 is 0 Å². The number of carboxylic acid groups (broad SMARTS) is 1.